The van der Waals surface area contributed by atoms with Gasteiger partial charge in [0.2, 0.25) is 0 Å². The van der Waals surface area contributed by atoms with Crippen molar-refractivity contribution in [3.63, 3.8) is 0 Å². The molecular formula is C23H30F3N3O5S. The van der Waals surface area contributed by atoms with E-state index in [1.54, 1.807) is 6.07 Å². The molecule has 0 aliphatic carbocycles. The number of ether oxygens (including phenoxy) is 3. The Hall–Kier alpha value is -2.18. The summed E-state index contributed by atoms with van der Waals surface area (Å²) in [6.45, 7) is 1.82. The zero-order valence-corrected chi connectivity index (χ0v) is 20.5. The van der Waals surface area contributed by atoms with Crippen molar-refractivity contribution in [1.82, 2.24) is 15.0 Å². The number of thiazole rings is 1. The van der Waals surface area contributed by atoms with Gasteiger partial charge in [0.25, 0.3) is 11.1 Å². The van der Waals surface area contributed by atoms with Crippen LogP contribution in [0.2, 0.25) is 0 Å². The summed E-state index contributed by atoms with van der Waals surface area (Å²) in [7, 11) is 1.50. The van der Waals surface area contributed by atoms with Gasteiger partial charge in [0.05, 0.1) is 31.9 Å². The number of halogens is 3. The summed E-state index contributed by atoms with van der Waals surface area (Å²) in [6, 6.07) is 1.63. The summed E-state index contributed by atoms with van der Waals surface area (Å²) in [4.78, 5) is 20.0. The molecule has 2 aliphatic rings. The van der Waals surface area contributed by atoms with Crippen molar-refractivity contribution in [2.45, 2.75) is 57.2 Å². The fraction of sp³-hybridized carbons (Fsp3) is 0.696. The highest BCUT2D eigenvalue weighted by molar-refractivity contribution is 7.13. The van der Waals surface area contributed by atoms with Gasteiger partial charge in [-0.1, -0.05) is 11.3 Å². The molecule has 194 valence electrons. The van der Waals surface area contributed by atoms with E-state index in [0.29, 0.717) is 31.1 Å². The second-order valence-corrected chi connectivity index (χ2v) is 10.1. The lowest BCUT2D eigenvalue weighted by molar-refractivity contribution is -0.153. The summed E-state index contributed by atoms with van der Waals surface area (Å²) in [5.41, 5.74) is 0.847. The minimum atomic E-state index is -4.36. The van der Waals surface area contributed by atoms with Crippen molar-refractivity contribution in [2.75, 3.05) is 40.0 Å². The van der Waals surface area contributed by atoms with Crippen LogP contribution in [0.4, 0.5) is 13.2 Å². The lowest BCUT2D eigenvalue weighted by atomic mass is 9.91. The van der Waals surface area contributed by atoms with Gasteiger partial charge in [-0.2, -0.15) is 13.2 Å². The Kier molecular flexibility index (Phi) is 8.66. The molecule has 0 bridgehead atoms. The molecule has 2 aliphatic heterocycles. The van der Waals surface area contributed by atoms with Gasteiger partial charge in [0, 0.05) is 43.4 Å². The molecule has 0 spiro atoms. The van der Waals surface area contributed by atoms with Crippen LogP contribution in [0.5, 0.6) is 11.1 Å². The molecule has 1 saturated heterocycles. The molecule has 12 heteroatoms. The van der Waals surface area contributed by atoms with Crippen LogP contribution in [0.25, 0.3) is 0 Å². The predicted octanol–water partition coefficient (Wildman–Crippen LogP) is 3.87. The Morgan fingerprint density at radius 1 is 1.29 bits per heavy atom. The van der Waals surface area contributed by atoms with Gasteiger partial charge >= 0.3 is 6.18 Å². The predicted molar refractivity (Wildman–Crippen MR) is 121 cm³/mol. The molecule has 2 aromatic rings. The average molecular weight is 518 g/mol. The Morgan fingerprint density at radius 3 is 2.83 bits per heavy atom. The first kappa shape index (κ1) is 25.9. The number of fused-ring (bicyclic) bond motifs is 1. The second-order valence-electron chi connectivity index (χ2n) is 9.04. The zero-order valence-electron chi connectivity index (χ0n) is 19.6. The van der Waals surface area contributed by atoms with Gasteiger partial charge in [-0.05, 0) is 36.8 Å². The van der Waals surface area contributed by atoms with E-state index in [1.165, 1.54) is 18.4 Å². The number of rotatable bonds is 10. The van der Waals surface area contributed by atoms with Gasteiger partial charge in [-0.25, -0.2) is 4.98 Å². The number of ketones is 1. The maximum Gasteiger partial charge on any atom is 0.422 e. The van der Waals surface area contributed by atoms with Gasteiger partial charge in [0.15, 0.2) is 6.61 Å². The number of alkyl halides is 3. The third-order valence-electron chi connectivity index (χ3n) is 6.30. The van der Waals surface area contributed by atoms with Gasteiger partial charge in [0.1, 0.15) is 11.5 Å². The number of hydrogen-bond donors (Lipinski definition) is 0. The Labute approximate surface area is 205 Å². The van der Waals surface area contributed by atoms with Crippen LogP contribution in [0, 0.1) is 5.92 Å². The third-order valence-corrected chi connectivity index (χ3v) is 7.37. The fourth-order valence-electron chi connectivity index (χ4n) is 4.45. The molecule has 8 nitrogen and oxygen atoms in total. The summed E-state index contributed by atoms with van der Waals surface area (Å²) < 4.78 is 58.0. The van der Waals surface area contributed by atoms with Crippen LogP contribution >= 0.6 is 11.3 Å². The first-order chi connectivity index (χ1) is 16.8. The molecule has 35 heavy (non-hydrogen) atoms. The molecule has 0 unspecified atom stereocenters. The highest BCUT2D eigenvalue weighted by Crippen LogP contribution is 2.30. The molecule has 0 aromatic carbocycles. The van der Waals surface area contributed by atoms with E-state index in [2.05, 4.69) is 15.0 Å². The fourth-order valence-corrected chi connectivity index (χ4v) is 5.40. The van der Waals surface area contributed by atoms with E-state index in [1.807, 2.05) is 0 Å². The minimum absolute atomic E-state index is 0.102. The molecular weight excluding hydrogens is 487 g/mol. The monoisotopic (exact) mass is 517 g/mol. The Morgan fingerprint density at radius 2 is 2.11 bits per heavy atom. The summed E-state index contributed by atoms with van der Waals surface area (Å²) in [5.74, 6) is 1.20. The van der Waals surface area contributed by atoms with Gasteiger partial charge in [-0.3, -0.25) is 4.79 Å². The number of aromatic nitrogens is 2. The molecule has 4 rings (SSSR count). The van der Waals surface area contributed by atoms with Crippen LogP contribution < -0.4 is 9.47 Å². The van der Waals surface area contributed by atoms with Crippen molar-refractivity contribution in [3.8, 4) is 11.1 Å². The van der Waals surface area contributed by atoms with Crippen LogP contribution in [0.15, 0.2) is 10.6 Å². The van der Waals surface area contributed by atoms with E-state index in [4.69, 9.17) is 18.7 Å². The maximum absolute atomic E-state index is 12.4. The number of hydrogen-bond acceptors (Lipinski definition) is 9. The summed E-state index contributed by atoms with van der Waals surface area (Å²) in [5, 5.41) is 3.82. The molecule has 0 radical (unpaired) electrons. The third kappa shape index (κ3) is 7.91. The largest absolute Gasteiger partial charge is 0.479 e. The smallest absolute Gasteiger partial charge is 0.422 e. The first-order valence-corrected chi connectivity index (χ1v) is 12.6. The Bertz CT molecular complexity index is 947. The number of carbonyl (C=O) groups excluding carboxylic acids is 1. The molecule has 1 fully saturated rings. The number of carbonyl (C=O) groups is 1. The van der Waals surface area contributed by atoms with Crippen molar-refractivity contribution in [3.05, 3.63) is 22.4 Å². The van der Waals surface area contributed by atoms with Crippen molar-refractivity contribution < 1.29 is 36.7 Å². The van der Waals surface area contributed by atoms with Gasteiger partial charge in [-0.15, -0.1) is 0 Å². The molecule has 0 amide bonds. The Balaban J connectivity index is 1.13. The number of Topliss-reactive ketones (excluding diaryl/α,β-unsaturated/α-hetero) is 1. The second kappa shape index (κ2) is 11.7. The highest BCUT2D eigenvalue weighted by atomic mass is 32.1. The first-order valence-electron chi connectivity index (χ1n) is 11.8. The molecule has 0 N–H and O–H groups in total. The topological polar surface area (TPSA) is 86.9 Å². The lowest BCUT2D eigenvalue weighted by Crippen LogP contribution is -2.33. The maximum atomic E-state index is 12.4. The zero-order chi connectivity index (χ0) is 24.8. The molecule has 0 saturated carbocycles. The van der Waals surface area contributed by atoms with Crippen molar-refractivity contribution in [1.29, 1.82) is 0 Å². The lowest BCUT2D eigenvalue weighted by Gasteiger charge is -2.30. The van der Waals surface area contributed by atoms with Crippen molar-refractivity contribution >= 4 is 17.1 Å². The molecule has 2 atom stereocenters. The van der Waals surface area contributed by atoms with E-state index in [-0.39, 0.29) is 29.4 Å². The van der Waals surface area contributed by atoms with Crippen LogP contribution in [0.3, 0.4) is 0 Å². The van der Waals surface area contributed by atoms with E-state index < -0.39 is 12.8 Å². The van der Waals surface area contributed by atoms with Gasteiger partial charge < -0.3 is 23.6 Å². The molecule has 2 aromatic heterocycles. The van der Waals surface area contributed by atoms with E-state index in [0.717, 1.165) is 55.9 Å². The van der Waals surface area contributed by atoms with E-state index in [9.17, 15) is 18.0 Å². The van der Waals surface area contributed by atoms with E-state index >= 15 is 0 Å². The number of methoxy groups -OCH3 is 1. The summed E-state index contributed by atoms with van der Waals surface area (Å²) >= 11 is 1.22. The summed E-state index contributed by atoms with van der Waals surface area (Å²) in [6.07, 6.45) is 0.756. The van der Waals surface area contributed by atoms with Crippen molar-refractivity contribution in [2.24, 2.45) is 5.92 Å². The van der Waals surface area contributed by atoms with Crippen LogP contribution in [-0.4, -0.2) is 73.1 Å². The van der Waals surface area contributed by atoms with Crippen LogP contribution in [0.1, 0.15) is 42.0 Å². The quantitative estimate of drug-likeness (QED) is 0.470. The average Bonchev–Trinajstić information content (AvgIpc) is 3.39. The normalized spacial score (nSPS) is 21.4. The standard InChI is InChI=1S/C23H30F3N3O5S/c1-31-21-12-18(34-28-21)11-16(30)10-15-2-3-17(32-13-15)4-7-29-8-5-19-20(6-9-29)35-22(27-19)33-14-23(24,25)26/h12,15,17H,2-11,13-14H2,1H3/t15-,17-/m1/s1. The SMILES string of the molecule is COc1cc(CC(=O)C[C@H]2CC[C@H](CCN3CCc4nc(OCC(F)(F)F)sc4CC3)OC2)on1. The minimum Gasteiger partial charge on any atom is -0.479 e. The molecule has 4 heterocycles. The highest BCUT2D eigenvalue weighted by Gasteiger charge is 2.30. The number of nitrogens with zero attached hydrogens (tertiary/aromatic N) is 3. The van der Waals surface area contributed by atoms with Crippen LogP contribution in [-0.2, 0) is 28.8 Å².